The van der Waals surface area contributed by atoms with Crippen LogP contribution in [-0.2, 0) is 0 Å². The van der Waals surface area contributed by atoms with Crippen LogP contribution in [0.15, 0.2) is 10.7 Å². The highest BCUT2D eigenvalue weighted by Crippen LogP contribution is 2.28. The molecule has 1 saturated carbocycles. The van der Waals surface area contributed by atoms with Gasteiger partial charge in [0.15, 0.2) is 0 Å². The van der Waals surface area contributed by atoms with Crippen molar-refractivity contribution in [3.63, 3.8) is 0 Å². The third kappa shape index (κ3) is 3.66. The molecular formula is C13H20BrN3. The third-order valence-corrected chi connectivity index (χ3v) is 3.99. The van der Waals surface area contributed by atoms with Gasteiger partial charge in [0, 0.05) is 12.1 Å². The summed E-state index contributed by atoms with van der Waals surface area (Å²) in [5.41, 5.74) is 0. The van der Waals surface area contributed by atoms with Gasteiger partial charge >= 0.3 is 0 Å². The third-order valence-electron chi connectivity index (χ3n) is 3.58. The fraction of sp³-hybridized carbons (Fsp3) is 0.692. The molecule has 1 N–H and O–H groups in total. The van der Waals surface area contributed by atoms with Crippen LogP contribution in [0.1, 0.15) is 44.9 Å². The quantitative estimate of drug-likeness (QED) is 0.859. The Bertz CT molecular complexity index is 353. The number of nitrogens with zero attached hydrogens (tertiary/aromatic N) is 2. The molecule has 1 heterocycles. The molecule has 1 aromatic rings. The topological polar surface area (TPSA) is 37.8 Å². The highest BCUT2D eigenvalue weighted by Gasteiger charge is 2.20. The SMILES string of the molecule is CCC1CCC(Nc2cc(Br)nc(C)n2)CC1. The summed E-state index contributed by atoms with van der Waals surface area (Å²) < 4.78 is 0.856. The summed E-state index contributed by atoms with van der Waals surface area (Å²) in [7, 11) is 0. The lowest BCUT2D eigenvalue weighted by molar-refractivity contribution is 0.330. The second-order valence-corrected chi connectivity index (χ2v) is 5.71. The maximum Gasteiger partial charge on any atom is 0.131 e. The predicted octanol–water partition coefficient (Wildman–Crippen LogP) is 3.93. The predicted molar refractivity (Wildman–Crippen MR) is 74.1 cm³/mol. The van der Waals surface area contributed by atoms with Crippen molar-refractivity contribution < 1.29 is 0 Å². The van der Waals surface area contributed by atoms with Crippen LogP contribution in [0.25, 0.3) is 0 Å². The summed E-state index contributed by atoms with van der Waals surface area (Å²) in [6.45, 7) is 4.22. The zero-order valence-electron chi connectivity index (χ0n) is 10.5. The lowest BCUT2D eigenvalue weighted by Gasteiger charge is -2.28. The second-order valence-electron chi connectivity index (χ2n) is 4.89. The minimum atomic E-state index is 0.582. The van der Waals surface area contributed by atoms with Crippen LogP contribution in [0, 0.1) is 12.8 Å². The fourth-order valence-corrected chi connectivity index (χ4v) is 3.00. The summed E-state index contributed by atoms with van der Waals surface area (Å²) in [5.74, 6) is 2.69. The molecule has 0 bridgehead atoms. The van der Waals surface area contributed by atoms with Crippen LogP contribution in [-0.4, -0.2) is 16.0 Å². The lowest BCUT2D eigenvalue weighted by Crippen LogP contribution is -2.26. The second kappa shape index (κ2) is 5.80. The first-order chi connectivity index (χ1) is 8.17. The van der Waals surface area contributed by atoms with E-state index < -0.39 is 0 Å². The minimum Gasteiger partial charge on any atom is -0.367 e. The fourth-order valence-electron chi connectivity index (χ4n) is 2.53. The average Bonchev–Trinajstić information content (AvgIpc) is 2.28. The molecule has 0 aromatic carbocycles. The Kier molecular flexibility index (Phi) is 4.37. The molecule has 0 unspecified atom stereocenters. The largest absolute Gasteiger partial charge is 0.367 e. The maximum atomic E-state index is 4.42. The van der Waals surface area contributed by atoms with Gasteiger partial charge in [-0.05, 0) is 54.5 Å². The molecule has 0 saturated heterocycles. The highest BCUT2D eigenvalue weighted by molar-refractivity contribution is 9.10. The van der Waals surface area contributed by atoms with Gasteiger partial charge in [0.05, 0.1) is 0 Å². The molecule has 2 rings (SSSR count). The summed E-state index contributed by atoms with van der Waals surface area (Å²) in [6, 6.07) is 2.54. The van der Waals surface area contributed by atoms with E-state index in [0.29, 0.717) is 6.04 Å². The number of hydrogen-bond acceptors (Lipinski definition) is 3. The van der Waals surface area contributed by atoms with E-state index in [4.69, 9.17) is 0 Å². The van der Waals surface area contributed by atoms with Crippen molar-refractivity contribution in [2.75, 3.05) is 5.32 Å². The van der Waals surface area contributed by atoms with Gasteiger partial charge in [0.25, 0.3) is 0 Å². The molecule has 3 nitrogen and oxygen atoms in total. The molecule has 4 heteroatoms. The molecule has 17 heavy (non-hydrogen) atoms. The number of rotatable bonds is 3. The highest BCUT2D eigenvalue weighted by atomic mass is 79.9. The normalized spacial score (nSPS) is 24.6. The van der Waals surface area contributed by atoms with Crippen molar-refractivity contribution in [3.05, 3.63) is 16.5 Å². The van der Waals surface area contributed by atoms with Crippen LogP contribution in [0.2, 0.25) is 0 Å². The van der Waals surface area contributed by atoms with Crippen LogP contribution in [0.4, 0.5) is 5.82 Å². The zero-order valence-corrected chi connectivity index (χ0v) is 12.1. The Morgan fingerprint density at radius 2 is 2.00 bits per heavy atom. The molecule has 0 radical (unpaired) electrons. The number of aryl methyl sites for hydroxylation is 1. The van der Waals surface area contributed by atoms with Crippen molar-refractivity contribution >= 4 is 21.7 Å². The van der Waals surface area contributed by atoms with E-state index in [2.05, 4.69) is 38.1 Å². The number of nitrogens with one attached hydrogen (secondary N) is 1. The average molecular weight is 298 g/mol. The number of anilines is 1. The Balaban J connectivity index is 1.93. The molecule has 1 aromatic heterocycles. The Morgan fingerprint density at radius 1 is 1.29 bits per heavy atom. The first kappa shape index (κ1) is 12.8. The van der Waals surface area contributed by atoms with E-state index in [1.165, 1.54) is 32.1 Å². The molecular weight excluding hydrogens is 278 g/mol. The van der Waals surface area contributed by atoms with Gasteiger partial charge in [-0.2, -0.15) is 0 Å². The van der Waals surface area contributed by atoms with Gasteiger partial charge in [-0.25, -0.2) is 9.97 Å². The number of halogens is 1. The van der Waals surface area contributed by atoms with Gasteiger partial charge in [-0.3, -0.25) is 0 Å². The van der Waals surface area contributed by atoms with Crippen LogP contribution in [0.5, 0.6) is 0 Å². The molecule has 1 fully saturated rings. The molecule has 1 aliphatic carbocycles. The maximum absolute atomic E-state index is 4.42. The Hall–Kier alpha value is -0.640. The molecule has 94 valence electrons. The van der Waals surface area contributed by atoms with Crippen molar-refractivity contribution in [1.29, 1.82) is 0 Å². The smallest absolute Gasteiger partial charge is 0.131 e. The summed E-state index contributed by atoms with van der Waals surface area (Å²) in [5, 5.41) is 3.53. The first-order valence-electron chi connectivity index (χ1n) is 6.45. The van der Waals surface area contributed by atoms with E-state index in [-0.39, 0.29) is 0 Å². The van der Waals surface area contributed by atoms with Gasteiger partial charge in [-0.1, -0.05) is 13.3 Å². The lowest BCUT2D eigenvalue weighted by atomic mass is 9.84. The van der Waals surface area contributed by atoms with Crippen molar-refractivity contribution in [3.8, 4) is 0 Å². The molecule has 0 atom stereocenters. The van der Waals surface area contributed by atoms with Crippen molar-refractivity contribution in [2.45, 2.75) is 52.0 Å². The zero-order chi connectivity index (χ0) is 12.3. The standard InChI is InChI=1S/C13H20BrN3/c1-3-10-4-6-11(7-5-10)17-13-8-12(14)15-9(2)16-13/h8,10-11H,3-7H2,1-2H3,(H,15,16,17). The van der Waals surface area contributed by atoms with Crippen molar-refractivity contribution in [2.24, 2.45) is 5.92 Å². The molecule has 1 aliphatic rings. The summed E-state index contributed by atoms with van der Waals surface area (Å²) in [4.78, 5) is 8.63. The van der Waals surface area contributed by atoms with Crippen molar-refractivity contribution in [1.82, 2.24) is 9.97 Å². The van der Waals surface area contributed by atoms with Gasteiger partial charge in [-0.15, -0.1) is 0 Å². The van der Waals surface area contributed by atoms with Crippen LogP contribution in [0.3, 0.4) is 0 Å². The first-order valence-corrected chi connectivity index (χ1v) is 7.24. The molecule has 0 amide bonds. The Morgan fingerprint density at radius 3 is 2.59 bits per heavy atom. The number of aromatic nitrogens is 2. The molecule has 0 spiro atoms. The summed E-state index contributed by atoms with van der Waals surface area (Å²) in [6.07, 6.45) is 6.54. The summed E-state index contributed by atoms with van der Waals surface area (Å²) >= 11 is 3.41. The van der Waals surface area contributed by atoms with Gasteiger partial charge in [0.1, 0.15) is 16.2 Å². The minimum absolute atomic E-state index is 0.582. The van der Waals surface area contributed by atoms with E-state index in [9.17, 15) is 0 Å². The van der Waals surface area contributed by atoms with Gasteiger partial charge in [0.2, 0.25) is 0 Å². The van der Waals surface area contributed by atoms with E-state index in [1.54, 1.807) is 0 Å². The van der Waals surface area contributed by atoms with Gasteiger partial charge < -0.3 is 5.32 Å². The Labute approximate surface area is 112 Å². The van der Waals surface area contributed by atoms with Crippen LogP contribution >= 0.6 is 15.9 Å². The molecule has 0 aliphatic heterocycles. The van der Waals surface area contributed by atoms with E-state index >= 15 is 0 Å². The number of hydrogen-bond donors (Lipinski definition) is 1. The monoisotopic (exact) mass is 297 g/mol. The van der Waals surface area contributed by atoms with E-state index in [0.717, 1.165) is 22.2 Å². The van der Waals surface area contributed by atoms with Crippen LogP contribution < -0.4 is 5.32 Å². The van der Waals surface area contributed by atoms with E-state index in [1.807, 2.05) is 13.0 Å².